The molecule has 0 aliphatic heterocycles. The maximum atomic E-state index is 14.1. The largest absolute Gasteiger partial charge is 0.394 e. The van der Waals surface area contributed by atoms with Crippen molar-refractivity contribution in [1.29, 1.82) is 0 Å². The van der Waals surface area contributed by atoms with Gasteiger partial charge in [0.05, 0.1) is 6.61 Å². The average molecular weight is 811 g/mol. The quantitative estimate of drug-likeness (QED) is 0.0354. The van der Waals surface area contributed by atoms with Crippen LogP contribution in [0, 0.1) is 29.1 Å². The van der Waals surface area contributed by atoms with Crippen LogP contribution in [-0.4, -0.2) is 95.8 Å². The van der Waals surface area contributed by atoms with E-state index in [1.165, 1.54) is 19.3 Å². The number of carbonyl (C=O) groups excluding carboxylic acids is 7. The minimum Gasteiger partial charge on any atom is -0.394 e. The van der Waals surface area contributed by atoms with Crippen molar-refractivity contribution in [3.63, 3.8) is 0 Å². The van der Waals surface area contributed by atoms with Gasteiger partial charge in [-0.3, -0.25) is 38.6 Å². The number of nitrogens with zero attached hydrogens (tertiary/aromatic N) is 1. The molecule has 1 aromatic carbocycles. The Morgan fingerprint density at radius 2 is 1.28 bits per heavy atom. The Bertz CT molecular complexity index is 1630. The highest BCUT2D eigenvalue weighted by molar-refractivity contribution is 5.96. The molecule has 58 heavy (non-hydrogen) atoms. The number of nitrogens with one attached hydrogen (secondary N) is 5. The van der Waals surface area contributed by atoms with Crippen molar-refractivity contribution in [2.45, 2.75) is 121 Å². The average Bonchev–Trinajstić information content (AvgIpc) is 3.14. The molecule has 0 aromatic heterocycles. The van der Waals surface area contributed by atoms with Crippen LogP contribution in [0.3, 0.4) is 0 Å². The number of aliphatic imine (C=N–C) groups is 1. The van der Waals surface area contributed by atoms with E-state index in [0.717, 1.165) is 24.8 Å². The van der Waals surface area contributed by atoms with Crippen LogP contribution in [0.25, 0.3) is 0 Å². The lowest BCUT2D eigenvalue weighted by Gasteiger charge is -2.56. The van der Waals surface area contributed by atoms with Crippen LogP contribution < -0.4 is 49.5 Å². The van der Waals surface area contributed by atoms with E-state index in [-0.39, 0.29) is 55.9 Å². The van der Waals surface area contributed by atoms with Gasteiger partial charge in [-0.25, -0.2) is 0 Å². The third-order valence-electron chi connectivity index (χ3n) is 11.6. The number of carbonyl (C=O) groups is 7. The van der Waals surface area contributed by atoms with E-state index in [0.29, 0.717) is 24.2 Å². The second-order valence-corrected chi connectivity index (χ2v) is 16.9. The highest BCUT2D eigenvalue weighted by Crippen LogP contribution is 2.61. The van der Waals surface area contributed by atoms with Gasteiger partial charge in [0, 0.05) is 25.8 Å². The number of amides is 7. The van der Waals surface area contributed by atoms with Crippen LogP contribution in [0.4, 0.5) is 0 Å². The van der Waals surface area contributed by atoms with Crippen molar-refractivity contribution in [2.24, 2.45) is 57.0 Å². The summed E-state index contributed by atoms with van der Waals surface area (Å²) in [6.45, 7) is 2.49. The standard InChI is InChI=1S/C40H62N10O8/c1-22(2)33(38(58)47-27(34(42)54)10-11-31(41)52)50-37(57)30(21-51)49-35(55)28(9-6-12-45-39(43)44)48-36(56)29(16-23-7-4-3-5-8-23)46-32(53)20-40-17-24-13-25(18-40)15-26(14-24)19-40/h3-5,7-8,22,24-30,33,51H,6,9-21H2,1-2H3,(H2,41,52)(H2,42,54)(H,46,53)(H,47,58)(H,48,56)(H,49,55)(H,50,57)(H4,43,44,45)/t24?,25?,26?,27-,28-,29-,30-,33-,40?/m0/s1. The predicted octanol–water partition coefficient (Wildman–Crippen LogP) is -1.29. The number of nitrogens with two attached hydrogens (primary N) is 4. The number of aliphatic hydroxyl groups excluding tert-OH is 1. The first-order valence-corrected chi connectivity index (χ1v) is 20.3. The number of guanidine groups is 1. The van der Waals surface area contributed by atoms with Crippen molar-refractivity contribution in [1.82, 2.24) is 26.6 Å². The number of primary amides is 2. The molecule has 4 aliphatic carbocycles. The number of hydrogen-bond donors (Lipinski definition) is 10. The lowest BCUT2D eigenvalue weighted by Crippen LogP contribution is -2.60. The summed E-state index contributed by atoms with van der Waals surface area (Å²) in [6, 6.07) is 2.83. The molecule has 7 amide bonds. The first-order valence-electron chi connectivity index (χ1n) is 20.3. The van der Waals surface area contributed by atoms with Gasteiger partial charge in [-0.15, -0.1) is 0 Å². The summed E-state index contributed by atoms with van der Waals surface area (Å²) < 4.78 is 0. The summed E-state index contributed by atoms with van der Waals surface area (Å²) in [5, 5.41) is 23.3. The van der Waals surface area contributed by atoms with Crippen LogP contribution in [0.1, 0.15) is 90.0 Å². The van der Waals surface area contributed by atoms with Gasteiger partial charge < -0.3 is 54.6 Å². The van der Waals surface area contributed by atoms with E-state index in [4.69, 9.17) is 22.9 Å². The summed E-state index contributed by atoms with van der Waals surface area (Å²) in [5.74, 6) is -3.76. The van der Waals surface area contributed by atoms with Crippen molar-refractivity contribution in [2.75, 3.05) is 13.2 Å². The van der Waals surface area contributed by atoms with E-state index < -0.39 is 78.2 Å². The molecule has 0 saturated heterocycles. The Morgan fingerprint density at radius 3 is 1.81 bits per heavy atom. The number of benzene rings is 1. The van der Waals surface area contributed by atoms with Crippen molar-refractivity contribution >= 4 is 47.3 Å². The zero-order valence-electron chi connectivity index (χ0n) is 33.5. The molecule has 18 nitrogen and oxygen atoms in total. The van der Waals surface area contributed by atoms with E-state index in [1.54, 1.807) is 13.8 Å². The zero-order valence-corrected chi connectivity index (χ0v) is 33.5. The van der Waals surface area contributed by atoms with E-state index in [9.17, 15) is 38.7 Å². The van der Waals surface area contributed by atoms with Crippen molar-refractivity contribution in [3.8, 4) is 0 Å². The van der Waals surface area contributed by atoms with Crippen LogP contribution in [0.5, 0.6) is 0 Å². The van der Waals surface area contributed by atoms with E-state index in [1.807, 2.05) is 30.3 Å². The summed E-state index contributed by atoms with van der Waals surface area (Å²) in [4.78, 5) is 95.5. The Kier molecular flexibility index (Phi) is 16.4. The van der Waals surface area contributed by atoms with E-state index in [2.05, 4.69) is 31.6 Å². The fourth-order valence-corrected chi connectivity index (χ4v) is 9.29. The highest BCUT2D eigenvalue weighted by atomic mass is 16.3. The second kappa shape index (κ2) is 20.9. The van der Waals surface area contributed by atoms with Gasteiger partial charge in [-0.1, -0.05) is 44.2 Å². The molecule has 0 unspecified atom stereocenters. The maximum absolute atomic E-state index is 14.1. The fourth-order valence-electron chi connectivity index (χ4n) is 9.29. The van der Waals surface area contributed by atoms with Crippen molar-refractivity contribution in [3.05, 3.63) is 35.9 Å². The second-order valence-electron chi connectivity index (χ2n) is 16.9. The molecular formula is C40H62N10O8. The Balaban J connectivity index is 1.47. The molecule has 5 atom stereocenters. The van der Waals surface area contributed by atoms with Gasteiger partial charge >= 0.3 is 0 Å². The third kappa shape index (κ3) is 13.4. The molecule has 4 aliphatic rings. The van der Waals surface area contributed by atoms with Crippen LogP contribution in [0.2, 0.25) is 0 Å². The van der Waals surface area contributed by atoms with Crippen molar-refractivity contribution < 1.29 is 38.7 Å². The van der Waals surface area contributed by atoms with Crippen LogP contribution in [0.15, 0.2) is 35.3 Å². The van der Waals surface area contributed by atoms with Crippen LogP contribution >= 0.6 is 0 Å². The molecule has 0 spiro atoms. The molecular weight excluding hydrogens is 749 g/mol. The lowest BCUT2D eigenvalue weighted by molar-refractivity contribution is -0.136. The molecule has 4 bridgehead atoms. The molecule has 14 N–H and O–H groups in total. The first kappa shape index (κ1) is 45.4. The number of aliphatic hydroxyl groups is 1. The summed E-state index contributed by atoms with van der Waals surface area (Å²) in [5.41, 5.74) is 22.3. The summed E-state index contributed by atoms with van der Waals surface area (Å²) in [6.07, 6.45) is 7.12. The summed E-state index contributed by atoms with van der Waals surface area (Å²) in [7, 11) is 0. The Labute approximate surface area is 339 Å². The Morgan fingerprint density at radius 1 is 0.724 bits per heavy atom. The smallest absolute Gasteiger partial charge is 0.245 e. The van der Waals surface area contributed by atoms with Gasteiger partial charge in [0.2, 0.25) is 41.4 Å². The van der Waals surface area contributed by atoms with Gasteiger partial charge in [-0.05, 0) is 92.4 Å². The molecule has 5 rings (SSSR count). The topological polar surface area (TPSA) is 316 Å². The third-order valence-corrected chi connectivity index (χ3v) is 11.6. The molecule has 4 saturated carbocycles. The minimum atomic E-state index is -1.57. The molecule has 18 heteroatoms. The predicted molar refractivity (Wildman–Crippen MR) is 214 cm³/mol. The van der Waals surface area contributed by atoms with Gasteiger partial charge in [0.15, 0.2) is 5.96 Å². The fraction of sp³-hybridized carbons (Fsp3) is 0.650. The van der Waals surface area contributed by atoms with Gasteiger partial charge in [0.25, 0.3) is 0 Å². The molecule has 4 fully saturated rings. The zero-order chi connectivity index (χ0) is 42.6. The number of rotatable bonds is 23. The lowest BCUT2D eigenvalue weighted by atomic mass is 9.49. The minimum absolute atomic E-state index is 0.0181. The SMILES string of the molecule is CC(C)[C@H](NC(=O)[C@H](CO)NC(=O)[C@H](CCCN=C(N)N)NC(=O)[C@H](Cc1ccccc1)NC(=O)CC12CC3CC(CC(C3)C1)C2)C(=O)N[C@@H](CCC(N)=O)C(N)=O. The molecule has 0 radical (unpaired) electrons. The first-order chi connectivity index (χ1) is 27.5. The van der Waals surface area contributed by atoms with Gasteiger partial charge in [-0.2, -0.15) is 0 Å². The normalized spacial score (nSPS) is 23.0. The molecule has 320 valence electrons. The van der Waals surface area contributed by atoms with Gasteiger partial charge in [0.1, 0.15) is 30.2 Å². The molecule has 0 heterocycles. The monoisotopic (exact) mass is 810 g/mol. The maximum Gasteiger partial charge on any atom is 0.245 e. The highest BCUT2D eigenvalue weighted by Gasteiger charge is 2.51. The van der Waals surface area contributed by atoms with Crippen LogP contribution in [-0.2, 0) is 40.0 Å². The number of hydrogen-bond acceptors (Lipinski definition) is 9. The molecule has 1 aromatic rings. The summed E-state index contributed by atoms with van der Waals surface area (Å²) >= 11 is 0. The van der Waals surface area contributed by atoms with E-state index >= 15 is 0 Å². The Hall–Kier alpha value is -5.26.